The van der Waals surface area contributed by atoms with Gasteiger partial charge in [0.25, 0.3) is 5.91 Å². The van der Waals surface area contributed by atoms with E-state index in [0.717, 1.165) is 0 Å². The van der Waals surface area contributed by atoms with E-state index >= 15 is 0 Å². The molecule has 2 aromatic carbocycles. The van der Waals surface area contributed by atoms with Crippen molar-refractivity contribution in [3.63, 3.8) is 0 Å². The van der Waals surface area contributed by atoms with Crippen LogP contribution in [0.15, 0.2) is 47.1 Å². The fourth-order valence-electron chi connectivity index (χ4n) is 2.01. The Morgan fingerprint density at radius 2 is 1.54 bits per heavy atom. The maximum atomic E-state index is 12.1. The first-order valence-electron chi connectivity index (χ1n) is 6.71. The van der Waals surface area contributed by atoms with E-state index in [-0.39, 0.29) is 11.9 Å². The Balaban J connectivity index is 1.88. The third-order valence-electron chi connectivity index (χ3n) is 3.13. The molecule has 0 aliphatic carbocycles. The fraction of sp³-hybridized carbons (Fsp3) is 0. The average molecular weight is 401 g/mol. The van der Waals surface area contributed by atoms with Crippen molar-refractivity contribution in [2.45, 2.75) is 0 Å². The van der Waals surface area contributed by atoms with Gasteiger partial charge >= 0.3 is 0 Å². The maximum absolute atomic E-state index is 12.1. The lowest BCUT2D eigenvalue weighted by molar-refractivity contribution is -0.115. The van der Waals surface area contributed by atoms with Crippen LogP contribution in [-0.4, -0.2) is 11.9 Å². The minimum atomic E-state index is -0.329. The Morgan fingerprint density at radius 1 is 0.875 bits per heavy atom. The number of carbonyl (C=O) groups is 1. The standard InChI is InChI=1S/C16H9Cl4N3O/c17-9-2-1-8(11(19)6-9)5-14-15(24)23-16(22-14)21-13-4-3-10(18)7-12(13)20/h1-7H,(H2,21,22,23,24)/b14-5-. The smallest absolute Gasteiger partial charge is 0.274 e. The predicted octanol–water partition coefficient (Wildman–Crippen LogP) is 5.05. The highest BCUT2D eigenvalue weighted by molar-refractivity contribution is 6.36. The monoisotopic (exact) mass is 399 g/mol. The van der Waals surface area contributed by atoms with Crippen molar-refractivity contribution in [3.8, 4) is 0 Å². The molecule has 122 valence electrons. The van der Waals surface area contributed by atoms with Gasteiger partial charge < -0.3 is 5.32 Å². The molecule has 0 bridgehead atoms. The molecular weight excluding hydrogens is 392 g/mol. The summed E-state index contributed by atoms with van der Waals surface area (Å²) in [6.07, 6.45) is 1.61. The summed E-state index contributed by atoms with van der Waals surface area (Å²) in [5.74, 6) is -0.0644. The minimum Gasteiger partial charge on any atom is -0.321 e. The van der Waals surface area contributed by atoms with Crippen molar-refractivity contribution in [1.29, 1.82) is 0 Å². The van der Waals surface area contributed by atoms with Crippen LogP contribution in [0.25, 0.3) is 6.08 Å². The Bertz CT molecular complexity index is 893. The first-order chi connectivity index (χ1) is 11.4. The highest BCUT2D eigenvalue weighted by Gasteiger charge is 2.22. The summed E-state index contributed by atoms with van der Waals surface area (Å²) in [6.45, 7) is 0. The Kier molecular flexibility index (Phi) is 5.01. The van der Waals surface area contributed by atoms with Gasteiger partial charge in [-0.2, -0.15) is 0 Å². The summed E-state index contributed by atoms with van der Waals surface area (Å²) in [6, 6.07) is 9.90. The molecule has 3 rings (SSSR count). The molecule has 2 aromatic rings. The molecule has 1 aliphatic heterocycles. The predicted molar refractivity (Wildman–Crippen MR) is 99.3 cm³/mol. The zero-order valence-electron chi connectivity index (χ0n) is 11.9. The second-order valence-corrected chi connectivity index (χ2v) is 6.55. The number of rotatable bonds is 2. The van der Waals surface area contributed by atoms with Crippen molar-refractivity contribution in [2.75, 3.05) is 0 Å². The molecule has 1 heterocycles. The van der Waals surface area contributed by atoms with Crippen molar-refractivity contribution in [3.05, 3.63) is 67.7 Å². The van der Waals surface area contributed by atoms with Crippen molar-refractivity contribution in [1.82, 2.24) is 10.6 Å². The van der Waals surface area contributed by atoms with Crippen LogP contribution in [0.2, 0.25) is 20.1 Å². The van der Waals surface area contributed by atoms with Crippen LogP contribution >= 0.6 is 46.4 Å². The molecule has 4 nitrogen and oxygen atoms in total. The first kappa shape index (κ1) is 17.1. The second kappa shape index (κ2) is 7.03. The molecule has 1 amide bonds. The summed E-state index contributed by atoms with van der Waals surface area (Å²) in [5.41, 5.74) is 1.45. The number of nitrogens with one attached hydrogen (secondary N) is 2. The number of hydrogen-bond donors (Lipinski definition) is 2. The van der Waals surface area contributed by atoms with Gasteiger partial charge in [-0.3, -0.25) is 10.1 Å². The van der Waals surface area contributed by atoms with Gasteiger partial charge in [0, 0.05) is 15.1 Å². The number of guanidine groups is 1. The number of aliphatic imine (C=N–C) groups is 1. The third kappa shape index (κ3) is 3.84. The largest absolute Gasteiger partial charge is 0.321 e. The van der Waals surface area contributed by atoms with Crippen molar-refractivity contribution < 1.29 is 4.79 Å². The van der Waals surface area contributed by atoms with Gasteiger partial charge in [0.15, 0.2) is 0 Å². The lowest BCUT2D eigenvalue weighted by Gasteiger charge is -2.02. The number of nitrogens with zero attached hydrogens (tertiary/aromatic N) is 1. The molecule has 0 radical (unpaired) electrons. The number of halogens is 4. The lowest BCUT2D eigenvalue weighted by Crippen LogP contribution is -2.24. The number of amides is 1. The first-order valence-corrected chi connectivity index (χ1v) is 8.22. The summed E-state index contributed by atoms with van der Waals surface area (Å²) in [4.78, 5) is 16.3. The summed E-state index contributed by atoms with van der Waals surface area (Å²) in [7, 11) is 0. The van der Waals surface area contributed by atoms with E-state index in [2.05, 4.69) is 15.6 Å². The maximum Gasteiger partial charge on any atom is 0.274 e. The molecule has 1 fully saturated rings. The molecule has 0 saturated carbocycles. The summed E-state index contributed by atoms with van der Waals surface area (Å²) >= 11 is 23.9. The van der Waals surface area contributed by atoms with E-state index in [1.165, 1.54) is 0 Å². The van der Waals surface area contributed by atoms with Crippen LogP contribution in [0.5, 0.6) is 0 Å². The number of carbonyl (C=O) groups excluding carboxylic acids is 1. The Hall–Kier alpha value is -1.72. The molecule has 1 aliphatic rings. The molecule has 0 aromatic heterocycles. The Morgan fingerprint density at radius 3 is 2.21 bits per heavy atom. The van der Waals surface area contributed by atoms with Gasteiger partial charge in [-0.05, 0) is 42.0 Å². The molecule has 0 atom stereocenters. The SMILES string of the molecule is O=C1NC(=Nc2ccc(Cl)cc2Cl)N/C1=C\c1ccc(Cl)cc1Cl. The fourth-order valence-corrected chi connectivity index (χ4v) is 2.93. The third-order valence-corrected chi connectivity index (χ3v) is 4.23. The van der Waals surface area contributed by atoms with Gasteiger partial charge in [0.2, 0.25) is 5.96 Å². The van der Waals surface area contributed by atoms with E-state index in [1.807, 2.05) is 0 Å². The molecule has 24 heavy (non-hydrogen) atoms. The quantitative estimate of drug-likeness (QED) is 0.693. The molecule has 0 spiro atoms. The van der Waals surface area contributed by atoms with Gasteiger partial charge in [0.05, 0.1) is 10.7 Å². The topological polar surface area (TPSA) is 53.5 Å². The normalized spacial score (nSPS) is 17.2. The zero-order valence-corrected chi connectivity index (χ0v) is 14.9. The van der Waals surface area contributed by atoms with Crippen LogP contribution in [0.1, 0.15) is 5.56 Å². The van der Waals surface area contributed by atoms with E-state index in [9.17, 15) is 4.79 Å². The summed E-state index contributed by atoms with van der Waals surface area (Å²) < 4.78 is 0. The van der Waals surface area contributed by atoms with Crippen LogP contribution < -0.4 is 10.6 Å². The van der Waals surface area contributed by atoms with Crippen molar-refractivity contribution >= 4 is 70.0 Å². The lowest BCUT2D eigenvalue weighted by atomic mass is 10.2. The molecule has 2 N–H and O–H groups in total. The van der Waals surface area contributed by atoms with Gasteiger partial charge in [-0.25, -0.2) is 4.99 Å². The average Bonchev–Trinajstić information content (AvgIpc) is 2.85. The highest BCUT2D eigenvalue weighted by atomic mass is 35.5. The van der Waals surface area contributed by atoms with Gasteiger partial charge in [-0.1, -0.05) is 52.5 Å². The Labute approximate surface area is 158 Å². The molecule has 1 saturated heterocycles. The highest BCUT2D eigenvalue weighted by Crippen LogP contribution is 2.28. The van der Waals surface area contributed by atoms with Gasteiger partial charge in [-0.15, -0.1) is 0 Å². The van der Waals surface area contributed by atoms with Crippen LogP contribution in [-0.2, 0) is 4.79 Å². The minimum absolute atomic E-state index is 0.264. The van der Waals surface area contributed by atoms with Crippen LogP contribution in [0.4, 0.5) is 5.69 Å². The van der Waals surface area contributed by atoms with E-state index in [1.54, 1.807) is 42.5 Å². The second-order valence-electron chi connectivity index (χ2n) is 4.86. The van der Waals surface area contributed by atoms with Crippen molar-refractivity contribution in [2.24, 2.45) is 4.99 Å². The number of hydrogen-bond acceptors (Lipinski definition) is 2. The zero-order chi connectivity index (χ0) is 17.3. The number of benzene rings is 2. The summed E-state index contributed by atoms with van der Waals surface area (Å²) in [5, 5.41) is 7.35. The van der Waals surface area contributed by atoms with E-state index in [0.29, 0.717) is 37.0 Å². The van der Waals surface area contributed by atoms with E-state index in [4.69, 9.17) is 46.4 Å². The van der Waals surface area contributed by atoms with Gasteiger partial charge in [0.1, 0.15) is 5.70 Å². The van der Waals surface area contributed by atoms with Crippen LogP contribution in [0, 0.1) is 0 Å². The molecular formula is C16H9Cl4N3O. The molecule has 8 heteroatoms. The van der Waals surface area contributed by atoms with Crippen LogP contribution in [0.3, 0.4) is 0 Å². The van der Waals surface area contributed by atoms with E-state index < -0.39 is 0 Å². The molecule has 0 unspecified atom stereocenters.